The Hall–Kier alpha value is -4.64. The Balaban J connectivity index is 1.54. The number of rotatable bonds is 8. The molecule has 0 aliphatic carbocycles. The van der Waals surface area contributed by atoms with Gasteiger partial charge in [-0.15, -0.1) is 0 Å². The zero-order valence-corrected chi connectivity index (χ0v) is 20.5. The molecule has 1 atom stereocenters. The van der Waals surface area contributed by atoms with Crippen LogP contribution in [0.4, 0.5) is 5.69 Å². The van der Waals surface area contributed by atoms with E-state index < -0.39 is 17.7 Å². The number of amides is 1. The molecule has 5 heteroatoms. The van der Waals surface area contributed by atoms with Crippen molar-refractivity contribution < 1.29 is 19.4 Å². The topological polar surface area (TPSA) is 66.8 Å². The number of carbonyl (C=O) groups is 2. The van der Waals surface area contributed by atoms with Crippen molar-refractivity contribution in [1.82, 2.24) is 0 Å². The van der Waals surface area contributed by atoms with E-state index in [0.29, 0.717) is 29.2 Å². The Morgan fingerprint density at radius 1 is 0.838 bits per heavy atom. The van der Waals surface area contributed by atoms with Crippen LogP contribution in [0.25, 0.3) is 0 Å². The van der Waals surface area contributed by atoms with Gasteiger partial charge in [0.2, 0.25) is 0 Å². The van der Waals surface area contributed by atoms with Gasteiger partial charge in [0.05, 0.1) is 11.6 Å². The highest BCUT2D eigenvalue weighted by atomic mass is 16.5. The highest BCUT2D eigenvalue weighted by molar-refractivity contribution is 6.16. The molecule has 0 aromatic heterocycles. The molecule has 4 aromatic rings. The van der Waals surface area contributed by atoms with Crippen molar-refractivity contribution in [1.29, 1.82) is 0 Å². The molecule has 1 heterocycles. The van der Waals surface area contributed by atoms with Crippen LogP contribution < -0.4 is 9.64 Å². The van der Waals surface area contributed by atoms with E-state index in [2.05, 4.69) is 0 Å². The number of nitrogens with zero attached hydrogens (tertiary/aromatic N) is 1. The lowest BCUT2D eigenvalue weighted by atomic mass is 9.92. The number of aliphatic hydroxyl groups is 1. The molecular weight excluding hydrogens is 462 g/mol. The third-order valence-electron chi connectivity index (χ3n) is 6.52. The molecule has 184 valence electrons. The van der Waals surface area contributed by atoms with E-state index in [0.717, 1.165) is 11.1 Å². The van der Waals surface area contributed by atoms with Crippen LogP contribution in [0.15, 0.2) is 121 Å². The van der Waals surface area contributed by atoms with E-state index in [9.17, 15) is 14.7 Å². The normalized spacial score (nSPS) is 15.2. The molecule has 0 spiro atoms. The number of hydrogen-bond donors (Lipinski definition) is 1. The van der Waals surface area contributed by atoms with E-state index in [1.165, 1.54) is 4.90 Å². The fourth-order valence-electron chi connectivity index (χ4n) is 4.70. The van der Waals surface area contributed by atoms with Gasteiger partial charge in [0.1, 0.15) is 11.5 Å². The predicted molar refractivity (Wildman–Crippen MR) is 144 cm³/mol. The first kappa shape index (κ1) is 24.1. The van der Waals surface area contributed by atoms with Crippen molar-refractivity contribution in [3.63, 3.8) is 0 Å². The van der Waals surface area contributed by atoms with Gasteiger partial charge in [0.25, 0.3) is 5.91 Å². The molecule has 4 aromatic carbocycles. The van der Waals surface area contributed by atoms with Gasteiger partial charge < -0.3 is 9.84 Å². The highest BCUT2D eigenvalue weighted by Gasteiger charge is 2.44. The molecule has 5 rings (SSSR count). The van der Waals surface area contributed by atoms with E-state index >= 15 is 0 Å². The van der Waals surface area contributed by atoms with E-state index in [4.69, 9.17) is 4.74 Å². The van der Waals surface area contributed by atoms with Gasteiger partial charge in [-0.1, -0.05) is 78.9 Å². The summed E-state index contributed by atoms with van der Waals surface area (Å²) in [5.74, 6) is -0.0959. The molecule has 1 amide bonds. The van der Waals surface area contributed by atoms with Gasteiger partial charge in [0.15, 0.2) is 11.5 Å². The SMILES string of the molecule is Cc1ccccc1N1C(=O)C(O)=C(C(=O)CCc2ccccc2)C1c1cccc(Oc2ccccc2)c1. The van der Waals surface area contributed by atoms with Gasteiger partial charge in [0, 0.05) is 12.1 Å². The van der Waals surface area contributed by atoms with Crippen LogP contribution in [0.1, 0.15) is 29.2 Å². The molecule has 0 saturated carbocycles. The van der Waals surface area contributed by atoms with Gasteiger partial charge >= 0.3 is 0 Å². The van der Waals surface area contributed by atoms with Crippen molar-refractivity contribution in [2.45, 2.75) is 25.8 Å². The largest absolute Gasteiger partial charge is 0.503 e. The Morgan fingerprint density at radius 3 is 2.22 bits per heavy atom. The number of aryl methyl sites for hydroxylation is 2. The van der Waals surface area contributed by atoms with Crippen LogP contribution in [0, 0.1) is 6.92 Å². The Labute approximate surface area is 216 Å². The van der Waals surface area contributed by atoms with E-state index in [1.807, 2.05) is 116 Å². The monoisotopic (exact) mass is 489 g/mol. The number of benzene rings is 4. The molecule has 1 aliphatic heterocycles. The van der Waals surface area contributed by atoms with Crippen LogP contribution in [0.2, 0.25) is 0 Å². The van der Waals surface area contributed by atoms with Crippen LogP contribution in [0.5, 0.6) is 11.5 Å². The van der Waals surface area contributed by atoms with Crippen LogP contribution in [-0.4, -0.2) is 16.8 Å². The number of anilines is 1. The fourth-order valence-corrected chi connectivity index (χ4v) is 4.70. The Kier molecular flexibility index (Phi) is 6.86. The van der Waals surface area contributed by atoms with Gasteiger partial charge in [-0.05, 0) is 60.4 Å². The summed E-state index contributed by atoms with van der Waals surface area (Å²) in [4.78, 5) is 28.5. The zero-order chi connectivity index (χ0) is 25.8. The van der Waals surface area contributed by atoms with Crippen molar-refractivity contribution in [3.05, 3.63) is 137 Å². The fraction of sp³-hybridized carbons (Fsp3) is 0.125. The lowest BCUT2D eigenvalue weighted by molar-refractivity contribution is -0.118. The van der Waals surface area contributed by atoms with E-state index in [-0.39, 0.29) is 17.8 Å². The summed E-state index contributed by atoms with van der Waals surface area (Å²) in [6.07, 6.45) is 0.688. The second kappa shape index (κ2) is 10.5. The summed E-state index contributed by atoms with van der Waals surface area (Å²) in [6.45, 7) is 1.90. The molecule has 37 heavy (non-hydrogen) atoms. The molecule has 0 radical (unpaired) electrons. The van der Waals surface area contributed by atoms with Crippen molar-refractivity contribution in [3.8, 4) is 11.5 Å². The maximum absolute atomic E-state index is 13.6. The van der Waals surface area contributed by atoms with Crippen LogP contribution >= 0.6 is 0 Å². The number of ether oxygens (including phenoxy) is 1. The smallest absolute Gasteiger partial charge is 0.294 e. The number of aliphatic hydroxyl groups excluding tert-OH is 1. The maximum Gasteiger partial charge on any atom is 0.294 e. The summed E-state index contributed by atoms with van der Waals surface area (Å²) in [6, 6.07) is 33.1. The van der Waals surface area contributed by atoms with Crippen molar-refractivity contribution >= 4 is 17.4 Å². The van der Waals surface area contributed by atoms with Crippen LogP contribution in [0.3, 0.4) is 0 Å². The molecule has 0 fully saturated rings. The molecule has 0 bridgehead atoms. The molecular formula is C32H27NO4. The molecule has 1 N–H and O–H groups in total. The average molecular weight is 490 g/mol. The Morgan fingerprint density at radius 2 is 1.49 bits per heavy atom. The lowest BCUT2D eigenvalue weighted by Crippen LogP contribution is -2.31. The summed E-state index contributed by atoms with van der Waals surface area (Å²) in [5, 5.41) is 11.0. The quantitative estimate of drug-likeness (QED) is 0.293. The molecule has 0 saturated heterocycles. The number of carbonyl (C=O) groups excluding carboxylic acids is 2. The first-order valence-electron chi connectivity index (χ1n) is 12.3. The lowest BCUT2D eigenvalue weighted by Gasteiger charge is -2.28. The maximum atomic E-state index is 13.6. The van der Waals surface area contributed by atoms with Crippen molar-refractivity contribution in [2.24, 2.45) is 0 Å². The second-order valence-corrected chi connectivity index (χ2v) is 9.02. The minimum Gasteiger partial charge on any atom is -0.503 e. The van der Waals surface area contributed by atoms with Gasteiger partial charge in [-0.2, -0.15) is 0 Å². The van der Waals surface area contributed by atoms with E-state index in [1.54, 1.807) is 0 Å². The minimum absolute atomic E-state index is 0.112. The summed E-state index contributed by atoms with van der Waals surface area (Å²) in [7, 11) is 0. The molecule has 5 nitrogen and oxygen atoms in total. The number of Topliss-reactive ketones (excluding diaryl/α,β-unsaturated/α-hetero) is 1. The minimum atomic E-state index is -0.781. The summed E-state index contributed by atoms with van der Waals surface area (Å²) < 4.78 is 6.03. The molecule has 1 unspecified atom stereocenters. The molecule has 1 aliphatic rings. The average Bonchev–Trinajstić information content (AvgIpc) is 3.19. The standard InChI is InChI=1S/C32H27NO4/c1-22-11-8-9-18-27(22)33-30(24-14-10-17-26(21-24)37-25-15-6-3-7-16-25)29(31(35)32(33)36)28(34)20-19-23-12-4-2-5-13-23/h2-18,21,30,35H,19-20H2,1H3. The summed E-state index contributed by atoms with van der Waals surface area (Å²) >= 11 is 0. The van der Waals surface area contributed by atoms with Crippen LogP contribution in [-0.2, 0) is 16.0 Å². The first-order chi connectivity index (χ1) is 18.0. The predicted octanol–water partition coefficient (Wildman–Crippen LogP) is 6.89. The highest BCUT2D eigenvalue weighted by Crippen LogP contribution is 2.43. The third-order valence-corrected chi connectivity index (χ3v) is 6.52. The first-order valence-corrected chi connectivity index (χ1v) is 12.3. The zero-order valence-electron chi connectivity index (χ0n) is 20.5. The third kappa shape index (κ3) is 5.02. The van der Waals surface area contributed by atoms with Gasteiger partial charge in [-0.25, -0.2) is 0 Å². The second-order valence-electron chi connectivity index (χ2n) is 9.02. The number of ketones is 1. The Bertz CT molecular complexity index is 1460. The summed E-state index contributed by atoms with van der Waals surface area (Å²) in [5.41, 5.74) is 3.32. The van der Waals surface area contributed by atoms with Crippen molar-refractivity contribution in [2.75, 3.05) is 4.90 Å². The van der Waals surface area contributed by atoms with Gasteiger partial charge in [-0.3, -0.25) is 14.5 Å². The number of hydrogen-bond acceptors (Lipinski definition) is 4. The number of para-hydroxylation sites is 2.